The van der Waals surface area contributed by atoms with E-state index in [0.717, 1.165) is 11.3 Å². The van der Waals surface area contributed by atoms with Gasteiger partial charge in [0.25, 0.3) is 0 Å². The van der Waals surface area contributed by atoms with Crippen LogP contribution >= 0.6 is 0 Å². The van der Waals surface area contributed by atoms with Crippen LogP contribution in [0.5, 0.6) is 11.5 Å². The molecule has 1 heterocycles. The zero-order valence-corrected chi connectivity index (χ0v) is 12.8. The number of benzene rings is 2. The van der Waals surface area contributed by atoms with Gasteiger partial charge in [-0.1, -0.05) is 30.3 Å². The molecule has 3 aromatic rings. The summed E-state index contributed by atoms with van der Waals surface area (Å²) < 4.78 is 16.2. The first-order chi connectivity index (χ1) is 11.7. The van der Waals surface area contributed by atoms with Gasteiger partial charge < -0.3 is 19.0 Å². The molecule has 0 radical (unpaired) electrons. The molecule has 24 heavy (non-hydrogen) atoms. The summed E-state index contributed by atoms with van der Waals surface area (Å²) in [6.07, 6.45) is 1.34. The highest BCUT2D eigenvalue weighted by atomic mass is 16.5. The van der Waals surface area contributed by atoms with Gasteiger partial charge in [0.15, 0.2) is 0 Å². The van der Waals surface area contributed by atoms with Crippen LogP contribution in [0, 0.1) is 0 Å². The molecule has 0 bridgehead atoms. The summed E-state index contributed by atoms with van der Waals surface area (Å²) in [5.74, 6) is 0.154. The molecule has 1 aromatic heterocycles. The molecule has 0 atom stereocenters. The second-order valence-electron chi connectivity index (χ2n) is 5.11. The summed E-state index contributed by atoms with van der Waals surface area (Å²) in [6, 6.07) is 18.7. The molecule has 5 heteroatoms. The monoisotopic (exact) mass is 324 g/mol. The standard InChI is InChI=1S/C19H16O5/c20-19(21)18-15(10-11-22-18)13-24-17-8-6-16(7-9-17)23-12-14-4-2-1-3-5-14/h1-11H,12-13H2,(H,20,21). The van der Waals surface area contributed by atoms with E-state index in [1.165, 1.54) is 6.26 Å². The van der Waals surface area contributed by atoms with Crippen molar-refractivity contribution in [2.75, 3.05) is 0 Å². The molecular weight excluding hydrogens is 308 g/mol. The highest BCUT2D eigenvalue weighted by molar-refractivity contribution is 5.86. The minimum atomic E-state index is -1.11. The number of hydrogen-bond acceptors (Lipinski definition) is 4. The molecule has 0 aliphatic carbocycles. The Morgan fingerprint density at radius 1 is 0.875 bits per heavy atom. The van der Waals surface area contributed by atoms with Gasteiger partial charge in [-0.15, -0.1) is 0 Å². The summed E-state index contributed by atoms with van der Waals surface area (Å²) in [7, 11) is 0. The Hall–Kier alpha value is -3.21. The van der Waals surface area contributed by atoms with Gasteiger partial charge in [0.1, 0.15) is 24.7 Å². The summed E-state index contributed by atoms with van der Waals surface area (Å²) in [5, 5.41) is 8.98. The average Bonchev–Trinajstić information content (AvgIpc) is 3.09. The molecule has 0 spiro atoms. The molecule has 0 fully saturated rings. The molecule has 1 N–H and O–H groups in total. The lowest BCUT2D eigenvalue weighted by atomic mass is 10.2. The number of carboxylic acid groups (broad SMARTS) is 1. The lowest BCUT2D eigenvalue weighted by Gasteiger charge is -2.08. The largest absolute Gasteiger partial charge is 0.489 e. The summed E-state index contributed by atoms with van der Waals surface area (Å²) in [4.78, 5) is 11.0. The van der Waals surface area contributed by atoms with Gasteiger partial charge in [0.05, 0.1) is 6.26 Å². The number of rotatable bonds is 7. The Balaban J connectivity index is 1.54. The van der Waals surface area contributed by atoms with E-state index in [1.54, 1.807) is 18.2 Å². The van der Waals surface area contributed by atoms with Crippen LogP contribution in [0.1, 0.15) is 21.7 Å². The van der Waals surface area contributed by atoms with Crippen LogP contribution in [0.15, 0.2) is 71.3 Å². The normalized spacial score (nSPS) is 10.3. The van der Waals surface area contributed by atoms with Crippen LogP contribution in [0.3, 0.4) is 0 Å². The highest BCUT2D eigenvalue weighted by Gasteiger charge is 2.14. The third-order valence-electron chi connectivity index (χ3n) is 3.41. The maximum atomic E-state index is 11.0. The number of aromatic carboxylic acids is 1. The van der Waals surface area contributed by atoms with Gasteiger partial charge in [0.2, 0.25) is 5.76 Å². The number of ether oxygens (including phenoxy) is 2. The molecule has 3 rings (SSSR count). The molecule has 0 amide bonds. The Bertz CT molecular complexity index is 790. The van der Waals surface area contributed by atoms with Crippen molar-refractivity contribution in [3.05, 3.63) is 83.8 Å². The fourth-order valence-electron chi connectivity index (χ4n) is 2.17. The van der Waals surface area contributed by atoms with Gasteiger partial charge in [-0.2, -0.15) is 0 Å². The first-order valence-electron chi connectivity index (χ1n) is 7.41. The van der Waals surface area contributed by atoms with Crippen molar-refractivity contribution in [1.82, 2.24) is 0 Å². The third kappa shape index (κ3) is 3.95. The van der Waals surface area contributed by atoms with E-state index in [-0.39, 0.29) is 12.4 Å². The zero-order chi connectivity index (χ0) is 16.8. The number of carboxylic acids is 1. The van der Waals surface area contributed by atoms with Crippen molar-refractivity contribution in [2.24, 2.45) is 0 Å². The molecule has 2 aromatic carbocycles. The van der Waals surface area contributed by atoms with Gasteiger partial charge in [0, 0.05) is 5.56 Å². The van der Waals surface area contributed by atoms with Crippen molar-refractivity contribution in [3.8, 4) is 11.5 Å². The van der Waals surface area contributed by atoms with Crippen LogP contribution in [-0.2, 0) is 13.2 Å². The van der Waals surface area contributed by atoms with E-state index < -0.39 is 5.97 Å². The van der Waals surface area contributed by atoms with Crippen molar-refractivity contribution < 1.29 is 23.8 Å². The summed E-state index contributed by atoms with van der Waals surface area (Å²) in [5.41, 5.74) is 1.59. The molecule has 122 valence electrons. The number of carbonyl (C=O) groups is 1. The number of furan rings is 1. The first kappa shape index (κ1) is 15.7. The van der Waals surface area contributed by atoms with E-state index in [4.69, 9.17) is 19.0 Å². The molecular formula is C19H16O5. The second-order valence-corrected chi connectivity index (χ2v) is 5.11. The molecule has 0 saturated heterocycles. The van der Waals surface area contributed by atoms with Crippen LogP contribution in [0.4, 0.5) is 0 Å². The maximum Gasteiger partial charge on any atom is 0.372 e. The minimum absolute atomic E-state index is 0.0992. The van der Waals surface area contributed by atoms with Gasteiger partial charge >= 0.3 is 5.97 Å². The highest BCUT2D eigenvalue weighted by Crippen LogP contribution is 2.20. The smallest absolute Gasteiger partial charge is 0.372 e. The second kappa shape index (κ2) is 7.37. The quantitative estimate of drug-likeness (QED) is 0.707. The minimum Gasteiger partial charge on any atom is -0.489 e. The summed E-state index contributed by atoms with van der Waals surface area (Å²) in [6.45, 7) is 0.625. The van der Waals surface area contributed by atoms with E-state index >= 15 is 0 Å². The van der Waals surface area contributed by atoms with Crippen molar-refractivity contribution in [2.45, 2.75) is 13.2 Å². The molecule has 5 nitrogen and oxygen atoms in total. The zero-order valence-electron chi connectivity index (χ0n) is 12.8. The Kier molecular flexibility index (Phi) is 4.81. The molecule has 0 aliphatic heterocycles. The van der Waals surface area contributed by atoms with Crippen LogP contribution in [0.2, 0.25) is 0 Å². The fourth-order valence-corrected chi connectivity index (χ4v) is 2.17. The molecule has 0 unspecified atom stereocenters. The Morgan fingerprint density at radius 3 is 2.12 bits per heavy atom. The lowest BCUT2D eigenvalue weighted by molar-refractivity contribution is 0.0658. The first-order valence-corrected chi connectivity index (χ1v) is 7.41. The maximum absolute atomic E-state index is 11.0. The molecule has 0 saturated carbocycles. The third-order valence-corrected chi connectivity index (χ3v) is 3.41. The summed E-state index contributed by atoms with van der Waals surface area (Å²) >= 11 is 0. The van der Waals surface area contributed by atoms with E-state index in [0.29, 0.717) is 17.9 Å². The predicted molar refractivity (Wildman–Crippen MR) is 87.2 cm³/mol. The Morgan fingerprint density at radius 2 is 1.50 bits per heavy atom. The fraction of sp³-hybridized carbons (Fsp3) is 0.105. The van der Waals surface area contributed by atoms with Crippen LogP contribution in [0.25, 0.3) is 0 Å². The average molecular weight is 324 g/mol. The van der Waals surface area contributed by atoms with E-state index in [2.05, 4.69) is 0 Å². The van der Waals surface area contributed by atoms with Crippen molar-refractivity contribution in [3.63, 3.8) is 0 Å². The van der Waals surface area contributed by atoms with E-state index in [1.807, 2.05) is 42.5 Å². The van der Waals surface area contributed by atoms with Crippen molar-refractivity contribution >= 4 is 5.97 Å². The Labute approximate surface area is 139 Å². The number of hydrogen-bond donors (Lipinski definition) is 1. The SMILES string of the molecule is O=C(O)c1occc1COc1ccc(OCc2ccccc2)cc1. The van der Waals surface area contributed by atoms with Gasteiger partial charge in [-0.25, -0.2) is 4.79 Å². The van der Waals surface area contributed by atoms with Gasteiger partial charge in [-0.3, -0.25) is 0 Å². The van der Waals surface area contributed by atoms with E-state index in [9.17, 15) is 4.79 Å². The topological polar surface area (TPSA) is 68.9 Å². The molecule has 0 aliphatic rings. The van der Waals surface area contributed by atoms with Crippen molar-refractivity contribution in [1.29, 1.82) is 0 Å². The predicted octanol–water partition coefficient (Wildman–Crippen LogP) is 4.14. The van der Waals surface area contributed by atoms with Crippen LogP contribution < -0.4 is 9.47 Å². The van der Waals surface area contributed by atoms with Crippen LogP contribution in [-0.4, -0.2) is 11.1 Å². The lowest BCUT2D eigenvalue weighted by Crippen LogP contribution is -2.02. The van der Waals surface area contributed by atoms with Gasteiger partial charge in [-0.05, 0) is 35.9 Å².